The van der Waals surface area contributed by atoms with Gasteiger partial charge in [-0.1, -0.05) is 218 Å². The van der Waals surface area contributed by atoms with E-state index >= 15 is 0 Å². The third kappa shape index (κ3) is 38.1. The SMILES string of the molecule is CC/C=C\C/C=C\C/C=C\C/C=C\C/C=C\C/C=C\C/C=C\C/C=C\C/C=C\CCCC(=O)NC(COC1OC(CO)C(O)C(O)C1O)C(O)/C=C/CC/C=C/CCCCCCCCCCCCCC. The number of carbonyl (C=O) groups is 1. The first kappa shape index (κ1) is 64.3. The Morgan fingerprint density at radius 3 is 1.37 bits per heavy atom. The van der Waals surface area contributed by atoms with Crippen molar-refractivity contribution in [3.8, 4) is 0 Å². The number of hydrogen-bond acceptors (Lipinski definition) is 8. The summed E-state index contributed by atoms with van der Waals surface area (Å²) in [5.41, 5.74) is 0. The van der Waals surface area contributed by atoms with Crippen LogP contribution in [0.5, 0.6) is 0 Å². The van der Waals surface area contributed by atoms with Crippen LogP contribution in [0.3, 0.4) is 0 Å². The minimum absolute atomic E-state index is 0.233. The van der Waals surface area contributed by atoms with Gasteiger partial charge in [-0.25, -0.2) is 0 Å². The summed E-state index contributed by atoms with van der Waals surface area (Å²) < 4.78 is 11.2. The van der Waals surface area contributed by atoms with Gasteiger partial charge in [0, 0.05) is 6.42 Å². The molecule has 1 aliphatic rings. The quantitative estimate of drug-likeness (QED) is 0.0261. The number of carbonyl (C=O) groups excluding carboxylic acids is 1. The highest BCUT2D eigenvalue weighted by molar-refractivity contribution is 5.76. The van der Waals surface area contributed by atoms with E-state index in [9.17, 15) is 30.3 Å². The Kier molecular flexibility index (Phi) is 45.0. The number of amides is 1. The number of ether oxygens (including phenoxy) is 2. The maximum atomic E-state index is 13.0. The third-order valence-corrected chi connectivity index (χ3v) is 12.0. The van der Waals surface area contributed by atoms with E-state index in [-0.39, 0.29) is 18.9 Å². The van der Waals surface area contributed by atoms with Crippen LogP contribution in [0.4, 0.5) is 0 Å². The van der Waals surface area contributed by atoms with Crippen LogP contribution in [-0.4, -0.2) is 87.5 Å². The van der Waals surface area contributed by atoms with E-state index < -0.39 is 49.5 Å². The number of aliphatic hydroxyl groups is 5. The molecule has 9 nitrogen and oxygen atoms in total. The summed E-state index contributed by atoms with van der Waals surface area (Å²) in [6, 6.07) is -0.863. The van der Waals surface area contributed by atoms with Gasteiger partial charge in [0.2, 0.25) is 5.91 Å². The summed E-state index contributed by atoms with van der Waals surface area (Å²) in [7, 11) is 0. The van der Waals surface area contributed by atoms with Crippen molar-refractivity contribution in [3.05, 3.63) is 134 Å². The maximum Gasteiger partial charge on any atom is 0.220 e. The van der Waals surface area contributed by atoms with E-state index in [0.29, 0.717) is 6.42 Å². The van der Waals surface area contributed by atoms with Crippen molar-refractivity contribution in [3.63, 3.8) is 0 Å². The zero-order valence-corrected chi connectivity index (χ0v) is 43.7. The average Bonchev–Trinajstić information content (AvgIpc) is 3.36. The number of aliphatic hydroxyl groups excluding tert-OH is 5. The zero-order chi connectivity index (χ0) is 50.8. The fraction of sp³-hybridized carbons (Fsp3) is 0.623. The Bertz CT molecular complexity index is 1550. The van der Waals surface area contributed by atoms with Gasteiger partial charge in [-0.15, -0.1) is 0 Å². The standard InChI is InChI=1S/C61H99NO8/c1-3-5-7-9-11-13-15-17-19-21-23-24-25-26-27-28-29-30-31-32-33-35-37-39-41-43-45-47-49-51-57(65)62-54(53-69-61-60(68)59(67)58(66)56(52-63)70-61)55(64)50-48-46-44-42-40-38-36-34-22-20-18-16-14-12-10-8-6-4-2/h5,7,11,13,17,19,23-24,26-27,29-30,32-33,37,39-40,42-43,45,48,50,54-56,58-61,63-64,66-68H,3-4,6,8-10,12,14-16,18,20-22,25,28,31,34-36,38,41,44,46-47,49,51-53H2,1-2H3,(H,62,65)/b7-5-,13-11-,19-17-,24-23-,27-26-,30-29-,33-32-,39-37-,42-40+,45-43-,50-48+. The molecule has 0 aromatic carbocycles. The van der Waals surface area contributed by atoms with E-state index in [1.807, 2.05) is 6.08 Å². The van der Waals surface area contributed by atoms with Crippen LogP contribution in [0.1, 0.15) is 187 Å². The predicted molar refractivity (Wildman–Crippen MR) is 294 cm³/mol. The largest absolute Gasteiger partial charge is 0.394 e. The highest BCUT2D eigenvalue weighted by Gasteiger charge is 2.44. The molecular formula is C61H99NO8. The molecule has 6 N–H and O–H groups in total. The van der Waals surface area contributed by atoms with Gasteiger partial charge in [0.15, 0.2) is 6.29 Å². The van der Waals surface area contributed by atoms with Crippen molar-refractivity contribution in [2.24, 2.45) is 0 Å². The number of unbranched alkanes of at least 4 members (excludes halogenated alkanes) is 14. The van der Waals surface area contributed by atoms with Gasteiger partial charge in [-0.3, -0.25) is 4.79 Å². The molecule has 1 fully saturated rings. The highest BCUT2D eigenvalue weighted by Crippen LogP contribution is 2.22. The van der Waals surface area contributed by atoms with Crippen molar-refractivity contribution < 1.29 is 39.8 Å². The molecule has 0 aromatic rings. The molecule has 0 bridgehead atoms. The molecule has 1 aliphatic heterocycles. The Hall–Kier alpha value is -3.67. The molecule has 1 amide bonds. The van der Waals surface area contributed by atoms with Crippen molar-refractivity contribution >= 4 is 5.91 Å². The van der Waals surface area contributed by atoms with Gasteiger partial charge in [0.1, 0.15) is 24.4 Å². The van der Waals surface area contributed by atoms with Gasteiger partial charge >= 0.3 is 0 Å². The molecule has 1 heterocycles. The van der Waals surface area contributed by atoms with Crippen LogP contribution in [0.15, 0.2) is 134 Å². The van der Waals surface area contributed by atoms with Crippen LogP contribution in [0.2, 0.25) is 0 Å². The zero-order valence-electron chi connectivity index (χ0n) is 43.7. The Morgan fingerprint density at radius 1 is 0.500 bits per heavy atom. The molecule has 1 rings (SSSR count). The topological polar surface area (TPSA) is 149 Å². The van der Waals surface area contributed by atoms with E-state index in [0.717, 1.165) is 83.5 Å². The van der Waals surface area contributed by atoms with Crippen LogP contribution in [0, 0.1) is 0 Å². The summed E-state index contributed by atoms with van der Waals surface area (Å²) in [4.78, 5) is 13.0. The second kappa shape index (κ2) is 48.9. The molecule has 70 heavy (non-hydrogen) atoms. The number of hydrogen-bond donors (Lipinski definition) is 6. The minimum Gasteiger partial charge on any atom is -0.394 e. The molecule has 0 aromatic heterocycles. The van der Waals surface area contributed by atoms with Crippen molar-refractivity contribution in [1.82, 2.24) is 5.32 Å². The third-order valence-electron chi connectivity index (χ3n) is 12.0. The Labute approximate surface area is 426 Å². The summed E-state index contributed by atoms with van der Waals surface area (Å²) in [5, 5.41) is 54.3. The Balaban J connectivity index is 2.35. The van der Waals surface area contributed by atoms with Crippen LogP contribution in [0.25, 0.3) is 0 Å². The average molecular weight is 974 g/mol. The lowest BCUT2D eigenvalue weighted by Crippen LogP contribution is -2.60. The lowest BCUT2D eigenvalue weighted by molar-refractivity contribution is -0.302. The first-order valence-electron chi connectivity index (χ1n) is 27.4. The van der Waals surface area contributed by atoms with Gasteiger partial charge in [0.25, 0.3) is 0 Å². The first-order chi connectivity index (χ1) is 34.3. The van der Waals surface area contributed by atoms with Gasteiger partial charge in [0.05, 0.1) is 25.4 Å². The van der Waals surface area contributed by atoms with Gasteiger partial charge in [-0.05, 0) is 96.3 Å². The van der Waals surface area contributed by atoms with Crippen LogP contribution in [-0.2, 0) is 14.3 Å². The smallest absolute Gasteiger partial charge is 0.220 e. The summed E-state index contributed by atoms with van der Waals surface area (Å²) in [5.74, 6) is -0.250. The minimum atomic E-state index is -1.59. The second-order valence-corrected chi connectivity index (χ2v) is 18.3. The maximum absolute atomic E-state index is 13.0. The monoisotopic (exact) mass is 974 g/mol. The molecular weight excluding hydrogens is 875 g/mol. The van der Waals surface area contributed by atoms with E-state index in [4.69, 9.17) is 9.47 Å². The first-order valence-corrected chi connectivity index (χ1v) is 27.4. The van der Waals surface area contributed by atoms with E-state index in [2.05, 4.69) is 141 Å². The van der Waals surface area contributed by atoms with E-state index in [1.54, 1.807) is 6.08 Å². The predicted octanol–water partition coefficient (Wildman–Crippen LogP) is 13.3. The number of allylic oxidation sites excluding steroid dienone is 21. The Morgan fingerprint density at radius 2 is 0.900 bits per heavy atom. The number of rotatable bonds is 44. The van der Waals surface area contributed by atoms with Crippen molar-refractivity contribution in [1.29, 1.82) is 0 Å². The van der Waals surface area contributed by atoms with Gasteiger partial charge < -0.3 is 40.3 Å². The normalized spacial score (nSPS) is 20.5. The summed E-state index contributed by atoms with van der Waals surface area (Å²) in [6.07, 6.45) is 67.9. The van der Waals surface area contributed by atoms with Crippen LogP contribution < -0.4 is 5.32 Å². The van der Waals surface area contributed by atoms with E-state index in [1.165, 1.54) is 77.0 Å². The van der Waals surface area contributed by atoms with Crippen molar-refractivity contribution in [2.45, 2.75) is 230 Å². The lowest BCUT2D eigenvalue weighted by Gasteiger charge is -2.40. The molecule has 0 saturated carbocycles. The molecule has 0 spiro atoms. The fourth-order valence-corrected chi connectivity index (χ4v) is 7.64. The summed E-state index contributed by atoms with van der Waals surface area (Å²) in [6.45, 7) is 3.60. The molecule has 7 atom stereocenters. The lowest BCUT2D eigenvalue weighted by atomic mass is 9.99. The van der Waals surface area contributed by atoms with Crippen molar-refractivity contribution in [2.75, 3.05) is 13.2 Å². The molecule has 9 heteroatoms. The molecule has 7 unspecified atom stereocenters. The van der Waals surface area contributed by atoms with Gasteiger partial charge in [-0.2, -0.15) is 0 Å². The highest BCUT2D eigenvalue weighted by atomic mass is 16.7. The summed E-state index contributed by atoms with van der Waals surface area (Å²) >= 11 is 0. The number of nitrogens with one attached hydrogen (secondary N) is 1. The molecule has 0 aliphatic carbocycles. The molecule has 396 valence electrons. The molecule has 1 saturated heterocycles. The van der Waals surface area contributed by atoms with Crippen LogP contribution >= 0.6 is 0 Å². The second-order valence-electron chi connectivity index (χ2n) is 18.3. The molecule has 0 radical (unpaired) electrons. The fourth-order valence-electron chi connectivity index (χ4n) is 7.64.